The Bertz CT molecular complexity index is 776. The monoisotopic (exact) mass is 307 g/mol. The lowest BCUT2D eigenvalue weighted by molar-refractivity contribution is 0.192. The maximum atomic E-state index is 12.6. The highest BCUT2D eigenvalue weighted by Gasteiger charge is 2.55. The van der Waals surface area contributed by atoms with E-state index in [0.717, 1.165) is 5.39 Å². The number of phenolic OH excluding ortho intramolecular Hbond substituents is 1. The molecule has 3 rings (SSSR count). The van der Waals surface area contributed by atoms with Gasteiger partial charge >= 0.3 is 0 Å². The van der Waals surface area contributed by atoms with Crippen molar-refractivity contribution in [3.63, 3.8) is 0 Å². The molecule has 2 aromatic rings. The Morgan fingerprint density at radius 1 is 1.24 bits per heavy atom. The first-order valence-corrected chi connectivity index (χ1v) is 8.19. The van der Waals surface area contributed by atoms with Gasteiger partial charge in [0.25, 0.3) is 0 Å². The van der Waals surface area contributed by atoms with Crippen molar-refractivity contribution >= 4 is 26.5 Å². The first-order valence-electron chi connectivity index (χ1n) is 6.71. The summed E-state index contributed by atoms with van der Waals surface area (Å²) in [4.78, 5) is 0. The van der Waals surface area contributed by atoms with Crippen LogP contribution in [0.3, 0.4) is 0 Å². The van der Waals surface area contributed by atoms with Crippen LogP contribution in [-0.4, -0.2) is 32.0 Å². The zero-order valence-corrected chi connectivity index (χ0v) is 12.5. The Morgan fingerprint density at radius 2 is 1.90 bits per heavy atom. The summed E-state index contributed by atoms with van der Waals surface area (Å²) in [6, 6.07) is 10.3. The summed E-state index contributed by atoms with van der Waals surface area (Å²) >= 11 is 0. The minimum Gasteiger partial charge on any atom is -0.507 e. The van der Waals surface area contributed by atoms with Crippen LogP contribution in [0.5, 0.6) is 5.75 Å². The van der Waals surface area contributed by atoms with Gasteiger partial charge in [-0.15, -0.1) is 0 Å². The van der Waals surface area contributed by atoms with Gasteiger partial charge in [0.15, 0.2) is 0 Å². The fourth-order valence-corrected chi connectivity index (χ4v) is 4.14. The second kappa shape index (κ2) is 4.89. The molecule has 0 atom stereocenters. The Balaban J connectivity index is 2.03. The average molecular weight is 307 g/mol. The second-order valence-corrected chi connectivity index (χ2v) is 7.48. The van der Waals surface area contributed by atoms with Gasteiger partial charge in [0, 0.05) is 12.5 Å². The van der Waals surface area contributed by atoms with Crippen LogP contribution in [0, 0.1) is 0 Å². The van der Waals surface area contributed by atoms with Crippen LogP contribution in [0.1, 0.15) is 12.8 Å². The number of nitrogens with one attached hydrogen (secondary N) is 1. The van der Waals surface area contributed by atoms with Crippen LogP contribution in [0.15, 0.2) is 36.4 Å². The van der Waals surface area contributed by atoms with Crippen molar-refractivity contribution in [1.82, 2.24) is 0 Å². The Morgan fingerprint density at radius 3 is 2.52 bits per heavy atom. The van der Waals surface area contributed by atoms with Crippen molar-refractivity contribution in [2.45, 2.75) is 17.6 Å². The molecule has 2 aromatic carbocycles. The van der Waals surface area contributed by atoms with Gasteiger partial charge in [0.05, 0.1) is 12.3 Å². The zero-order chi connectivity index (χ0) is 15.1. The minimum atomic E-state index is -3.56. The van der Waals surface area contributed by atoms with Crippen molar-refractivity contribution in [1.29, 1.82) is 0 Å². The summed E-state index contributed by atoms with van der Waals surface area (Å²) in [6.07, 6.45) is 1.18. The molecule has 1 saturated carbocycles. The molecule has 21 heavy (non-hydrogen) atoms. The van der Waals surface area contributed by atoms with E-state index in [1.807, 2.05) is 12.1 Å². The molecule has 5 nitrogen and oxygen atoms in total. The number of methoxy groups -OCH3 is 1. The lowest BCUT2D eigenvalue weighted by Crippen LogP contribution is -2.33. The van der Waals surface area contributed by atoms with E-state index in [-0.39, 0.29) is 12.4 Å². The third-order valence-electron chi connectivity index (χ3n) is 3.91. The number of sulfonamides is 1. The summed E-state index contributed by atoms with van der Waals surface area (Å²) < 4.78 is 31.9. The van der Waals surface area contributed by atoms with Gasteiger partial charge in [0.2, 0.25) is 10.0 Å². The van der Waals surface area contributed by atoms with Crippen LogP contribution in [0.4, 0.5) is 5.69 Å². The average Bonchev–Trinajstić information content (AvgIpc) is 3.21. The largest absolute Gasteiger partial charge is 0.507 e. The van der Waals surface area contributed by atoms with Gasteiger partial charge < -0.3 is 9.84 Å². The summed E-state index contributed by atoms with van der Waals surface area (Å²) in [5.41, 5.74) is 0.396. The van der Waals surface area contributed by atoms with E-state index >= 15 is 0 Å². The number of hydrogen-bond acceptors (Lipinski definition) is 4. The molecule has 112 valence electrons. The van der Waals surface area contributed by atoms with E-state index in [2.05, 4.69) is 4.72 Å². The molecule has 1 fully saturated rings. The molecule has 0 bridgehead atoms. The predicted octanol–water partition coefficient (Wildman–Crippen LogP) is 2.47. The second-order valence-electron chi connectivity index (χ2n) is 5.40. The number of anilines is 1. The van der Waals surface area contributed by atoms with Gasteiger partial charge in [-0.25, -0.2) is 8.42 Å². The Kier molecular flexibility index (Phi) is 3.30. The molecule has 2 N–H and O–H groups in total. The molecular formula is C15H17NO4S. The molecule has 0 amide bonds. The number of fused-ring (bicyclic) bond motifs is 1. The summed E-state index contributed by atoms with van der Waals surface area (Å²) in [5, 5.41) is 11.3. The fraction of sp³-hybridized carbons (Fsp3) is 0.333. The van der Waals surface area contributed by atoms with E-state index in [9.17, 15) is 13.5 Å². The van der Waals surface area contributed by atoms with Gasteiger partial charge in [-0.3, -0.25) is 4.72 Å². The highest BCUT2D eigenvalue weighted by atomic mass is 32.2. The lowest BCUT2D eigenvalue weighted by atomic mass is 10.1. The van der Waals surface area contributed by atoms with Gasteiger partial charge in [-0.2, -0.15) is 0 Å². The first kappa shape index (κ1) is 14.2. The third-order valence-corrected chi connectivity index (χ3v) is 6.07. The van der Waals surface area contributed by atoms with E-state index in [4.69, 9.17) is 4.74 Å². The molecule has 0 aromatic heterocycles. The standard InChI is InChI=1S/C15H17NO4S/c1-20-10-15(8-9-15)21(18,19)16-12-6-2-4-11-5-3-7-13(17)14(11)12/h2-7,16-17H,8-10H2,1H3. The molecular weight excluding hydrogens is 290 g/mol. The van der Waals surface area contributed by atoms with E-state index in [0.29, 0.717) is 23.9 Å². The number of aromatic hydroxyl groups is 1. The summed E-state index contributed by atoms with van der Waals surface area (Å²) in [7, 11) is -2.06. The molecule has 0 saturated heterocycles. The van der Waals surface area contributed by atoms with Crippen LogP contribution in [0.2, 0.25) is 0 Å². The molecule has 0 heterocycles. The van der Waals surface area contributed by atoms with Gasteiger partial charge in [0.1, 0.15) is 10.5 Å². The zero-order valence-electron chi connectivity index (χ0n) is 11.7. The van der Waals surface area contributed by atoms with E-state index < -0.39 is 14.8 Å². The number of rotatable bonds is 5. The lowest BCUT2D eigenvalue weighted by Gasteiger charge is -2.18. The topological polar surface area (TPSA) is 75.6 Å². The quantitative estimate of drug-likeness (QED) is 0.889. The number of phenols is 1. The number of hydrogen-bond donors (Lipinski definition) is 2. The maximum absolute atomic E-state index is 12.6. The highest BCUT2D eigenvalue weighted by molar-refractivity contribution is 7.94. The molecule has 0 unspecified atom stereocenters. The van der Waals surface area contributed by atoms with Crippen LogP contribution >= 0.6 is 0 Å². The summed E-state index contributed by atoms with van der Waals surface area (Å²) in [5.74, 6) is 0.0578. The Labute approximate surface area is 123 Å². The normalized spacial score (nSPS) is 16.8. The molecule has 1 aliphatic carbocycles. The molecule has 0 radical (unpaired) electrons. The van der Waals surface area contributed by atoms with Crippen LogP contribution in [0.25, 0.3) is 10.8 Å². The predicted molar refractivity (Wildman–Crippen MR) is 82.0 cm³/mol. The first-order chi connectivity index (χ1) is 9.99. The van der Waals surface area contributed by atoms with Crippen molar-refractivity contribution in [2.24, 2.45) is 0 Å². The van der Waals surface area contributed by atoms with Crippen molar-refractivity contribution in [3.05, 3.63) is 36.4 Å². The minimum absolute atomic E-state index is 0.0578. The van der Waals surface area contributed by atoms with Gasteiger partial charge in [-0.05, 0) is 30.4 Å². The Hall–Kier alpha value is -1.79. The third kappa shape index (κ3) is 2.34. The maximum Gasteiger partial charge on any atom is 0.240 e. The number of ether oxygens (including phenoxy) is 1. The van der Waals surface area contributed by atoms with Crippen LogP contribution in [-0.2, 0) is 14.8 Å². The summed E-state index contributed by atoms with van der Waals surface area (Å²) in [6.45, 7) is 0.180. The molecule has 0 spiro atoms. The molecule has 0 aliphatic heterocycles. The highest BCUT2D eigenvalue weighted by Crippen LogP contribution is 2.45. The smallest absolute Gasteiger partial charge is 0.240 e. The van der Waals surface area contributed by atoms with E-state index in [1.165, 1.54) is 7.11 Å². The van der Waals surface area contributed by atoms with Crippen molar-refractivity contribution in [2.75, 3.05) is 18.4 Å². The fourth-order valence-electron chi connectivity index (χ4n) is 2.55. The van der Waals surface area contributed by atoms with Crippen molar-refractivity contribution in [3.8, 4) is 5.75 Å². The molecule has 1 aliphatic rings. The number of benzene rings is 2. The van der Waals surface area contributed by atoms with Crippen molar-refractivity contribution < 1.29 is 18.3 Å². The van der Waals surface area contributed by atoms with Crippen LogP contribution < -0.4 is 4.72 Å². The van der Waals surface area contributed by atoms with E-state index in [1.54, 1.807) is 24.3 Å². The SMILES string of the molecule is COCC1(S(=O)(=O)Nc2cccc3cccc(O)c23)CC1. The van der Waals surface area contributed by atoms with Gasteiger partial charge in [-0.1, -0.05) is 24.3 Å². The molecule has 6 heteroatoms.